The monoisotopic (exact) mass is 295 g/mol. The van der Waals surface area contributed by atoms with Crippen LogP contribution in [-0.4, -0.2) is 53.9 Å². The average molecular weight is 295 g/mol. The summed E-state index contributed by atoms with van der Waals surface area (Å²) in [7, 11) is 0. The molecule has 2 aliphatic rings. The third kappa shape index (κ3) is 3.05. The molecule has 0 aliphatic carbocycles. The third-order valence-electron chi connectivity index (χ3n) is 3.82. The Morgan fingerprint density at radius 2 is 1.90 bits per heavy atom. The molecule has 1 N–H and O–H groups in total. The minimum absolute atomic E-state index is 0.405. The zero-order valence-corrected chi connectivity index (χ0v) is 10.7. The SMILES string of the molecule is O=C(O)[C@@H]1CN(C(=O)C2CCCCO2)C[C@H]1C(F)(F)F. The zero-order valence-electron chi connectivity index (χ0n) is 10.7. The Balaban J connectivity index is 2.07. The van der Waals surface area contributed by atoms with E-state index in [1.807, 2.05) is 0 Å². The van der Waals surface area contributed by atoms with Gasteiger partial charge >= 0.3 is 12.1 Å². The van der Waals surface area contributed by atoms with Crippen molar-refractivity contribution in [2.45, 2.75) is 31.5 Å². The molecule has 0 saturated carbocycles. The highest BCUT2D eigenvalue weighted by molar-refractivity contribution is 5.82. The smallest absolute Gasteiger partial charge is 0.394 e. The van der Waals surface area contributed by atoms with E-state index in [1.165, 1.54) is 0 Å². The molecule has 1 unspecified atom stereocenters. The Morgan fingerprint density at radius 1 is 1.20 bits per heavy atom. The number of likely N-dealkylation sites (tertiary alicyclic amines) is 1. The molecule has 3 atom stereocenters. The van der Waals surface area contributed by atoms with Crippen molar-refractivity contribution in [1.82, 2.24) is 4.90 Å². The second-order valence-corrected chi connectivity index (χ2v) is 5.19. The van der Waals surface area contributed by atoms with Gasteiger partial charge in [0.05, 0.1) is 11.8 Å². The molecule has 1 amide bonds. The zero-order chi connectivity index (χ0) is 14.9. The van der Waals surface area contributed by atoms with Crippen LogP contribution < -0.4 is 0 Å². The molecule has 2 rings (SSSR count). The highest BCUT2D eigenvalue weighted by Crippen LogP contribution is 2.38. The Hall–Kier alpha value is -1.31. The van der Waals surface area contributed by atoms with Gasteiger partial charge in [0.25, 0.3) is 5.91 Å². The number of amides is 1. The van der Waals surface area contributed by atoms with Crippen molar-refractivity contribution in [3.8, 4) is 0 Å². The lowest BCUT2D eigenvalue weighted by atomic mass is 9.96. The first-order valence-electron chi connectivity index (χ1n) is 6.50. The lowest BCUT2D eigenvalue weighted by molar-refractivity contribution is -0.188. The fourth-order valence-electron chi connectivity index (χ4n) is 2.70. The highest BCUT2D eigenvalue weighted by atomic mass is 19.4. The summed E-state index contributed by atoms with van der Waals surface area (Å²) in [4.78, 5) is 24.0. The van der Waals surface area contributed by atoms with Crippen LogP contribution in [0.5, 0.6) is 0 Å². The predicted molar refractivity (Wildman–Crippen MR) is 60.8 cm³/mol. The quantitative estimate of drug-likeness (QED) is 0.833. The maximum absolute atomic E-state index is 12.8. The molecule has 0 bridgehead atoms. The molecule has 2 heterocycles. The summed E-state index contributed by atoms with van der Waals surface area (Å²) in [5.41, 5.74) is 0. The normalized spacial score (nSPS) is 31.4. The maximum Gasteiger partial charge on any atom is 0.394 e. The molecule has 0 spiro atoms. The Morgan fingerprint density at radius 3 is 2.35 bits per heavy atom. The van der Waals surface area contributed by atoms with E-state index in [0.29, 0.717) is 13.0 Å². The summed E-state index contributed by atoms with van der Waals surface area (Å²) in [5, 5.41) is 8.89. The van der Waals surface area contributed by atoms with E-state index in [-0.39, 0.29) is 0 Å². The van der Waals surface area contributed by atoms with Crippen LogP contribution >= 0.6 is 0 Å². The average Bonchev–Trinajstić information content (AvgIpc) is 2.84. The number of carboxylic acids is 1. The van der Waals surface area contributed by atoms with Crippen LogP contribution in [0.25, 0.3) is 0 Å². The summed E-state index contributed by atoms with van der Waals surface area (Å²) < 4.78 is 43.7. The largest absolute Gasteiger partial charge is 0.481 e. The van der Waals surface area contributed by atoms with Crippen LogP contribution in [0.15, 0.2) is 0 Å². The highest BCUT2D eigenvalue weighted by Gasteiger charge is 2.54. The molecule has 2 saturated heterocycles. The number of hydrogen-bond acceptors (Lipinski definition) is 3. The van der Waals surface area contributed by atoms with E-state index < -0.39 is 49.1 Å². The van der Waals surface area contributed by atoms with E-state index in [2.05, 4.69) is 0 Å². The summed E-state index contributed by atoms with van der Waals surface area (Å²) in [6, 6.07) is 0. The van der Waals surface area contributed by atoms with E-state index >= 15 is 0 Å². The van der Waals surface area contributed by atoms with Crippen molar-refractivity contribution in [2.24, 2.45) is 11.8 Å². The maximum atomic E-state index is 12.8. The van der Waals surface area contributed by atoms with Gasteiger partial charge in [-0.05, 0) is 19.3 Å². The second kappa shape index (κ2) is 5.59. The van der Waals surface area contributed by atoms with Crippen LogP contribution in [0.1, 0.15) is 19.3 Å². The van der Waals surface area contributed by atoms with Gasteiger partial charge in [0.1, 0.15) is 6.10 Å². The van der Waals surface area contributed by atoms with E-state index in [4.69, 9.17) is 9.84 Å². The first-order valence-corrected chi connectivity index (χ1v) is 6.50. The van der Waals surface area contributed by atoms with Gasteiger partial charge in [0.15, 0.2) is 0 Å². The van der Waals surface area contributed by atoms with Crippen LogP contribution in [0.3, 0.4) is 0 Å². The van der Waals surface area contributed by atoms with Crippen molar-refractivity contribution in [3.63, 3.8) is 0 Å². The fraction of sp³-hybridized carbons (Fsp3) is 0.833. The third-order valence-corrected chi connectivity index (χ3v) is 3.82. The van der Waals surface area contributed by atoms with E-state index in [0.717, 1.165) is 17.7 Å². The number of carbonyl (C=O) groups is 2. The van der Waals surface area contributed by atoms with Gasteiger partial charge in [0.2, 0.25) is 0 Å². The number of rotatable bonds is 2. The number of hydrogen-bond donors (Lipinski definition) is 1. The molecule has 114 valence electrons. The van der Waals surface area contributed by atoms with Gasteiger partial charge in [-0.1, -0.05) is 0 Å². The minimum atomic E-state index is -4.62. The number of aliphatic carboxylic acids is 1. The van der Waals surface area contributed by atoms with Gasteiger partial charge in [0, 0.05) is 19.7 Å². The molecule has 2 aliphatic heterocycles. The Bertz CT molecular complexity index is 393. The van der Waals surface area contributed by atoms with Crippen molar-refractivity contribution < 1.29 is 32.6 Å². The number of halogens is 3. The summed E-state index contributed by atoms with van der Waals surface area (Å²) >= 11 is 0. The first kappa shape index (κ1) is 15.1. The molecule has 0 aromatic heterocycles. The summed E-state index contributed by atoms with van der Waals surface area (Å²) in [6.45, 7) is -0.591. The van der Waals surface area contributed by atoms with Gasteiger partial charge in [-0.15, -0.1) is 0 Å². The van der Waals surface area contributed by atoms with Crippen molar-refractivity contribution >= 4 is 11.9 Å². The Kier molecular flexibility index (Phi) is 4.22. The van der Waals surface area contributed by atoms with Gasteiger partial charge in [-0.25, -0.2) is 0 Å². The van der Waals surface area contributed by atoms with Gasteiger partial charge in [-0.3, -0.25) is 9.59 Å². The topological polar surface area (TPSA) is 66.8 Å². The molecule has 0 radical (unpaired) electrons. The molecule has 0 aromatic rings. The number of alkyl halides is 3. The second-order valence-electron chi connectivity index (χ2n) is 5.19. The van der Waals surface area contributed by atoms with E-state index in [1.54, 1.807) is 0 Å². The fourth-order valence-corrected chi connectivity index (χ4v) is 2.70. The van der Waals surface area contributed by atoms with Crippen LogP contribution in [-0.2, 0) is 14.3 Å². The van der Waals surface area contributed by atoms with Crippen molar-refractivity contribution in [3.05, 3.63) is 0 Å². The number of ether oxygens (including phenoxy) is 1. The number of carboxylic acid groups (broad SMARTS) is 1. The number of carbonyl (C=O) groups excluding carboxylic acids is 1. The number of nitrogens with zero attached hydrogens (tertiary/aromatic N) is 1. The van der Waals surface area contributed by atoms with Gasteiger partial charge in [-0.2, -0.15) is 13.2 Å². The molecular weight excluding hydrogens is 279 g/mol. The van der Waals surface area contributed by atoms with Crippen molar-refractivity contribution in [1.29, 1.82) is 0 Å². The van der Waals surface area contributed by atoms with Crippen LogP contribution in [0, 0.1) is 11.8 Å². The van der Waals surface area contributed by atoms with Crippen LogP contribution in [0.4, 0.5) is 13.2 Å². The van der Waals surface area contributed by atoms with Gasteiger partial charge < -0.3 is 14.7 Å². The van der Waals surface area contributed by atoms with Crippen LogP contribution in [0.2, 0.25) is 0 Å². The summed E-state index contributed by atoms with van der Waals surface area (Å²) in [6.07, 6.45) is -3.26. The predicted octanol–water partition coefficient (Wildman–Crippen LogP) is 1.28. The molecule has 20 heavy (non-hydrogen) atoms. The van der Waals surface area contributed by atoms with E-state index in [9.17, 15) is 22.8 Å². The molecule has 8 heteroatoms. The minimum Gasteiger partial charge on any atom is -0.481 e. The molecule has 5 nitrogen and oxygen atoms in total. The first-order chi connectivity index (χ1) is 9.30. The lowest BCUT2D eigenvalue weighted by Crippen LogP contribution is -2.41. The Labute approximate surface area is 113 Å². The molecular formula is C12H16F3NO4. The molecule has 2 fully saturated rings. The standard InChI is InChI=1S/C12H16F3NO4/c13-12(14,15)8-6-16(5-7(8)11(18)19)10(17)9-3-1-2-4-20-9/h7-9H,1-6H2,(H,18,19)/t7-,8-,9?/m1/s1. The lowest BCUT2D eigenvalue weighted by Gasteiger charge is -2.26. The van der Waals surface area contributed by atoms with Crippen molar-refractivity contribution in [2.75, 3.05) is 19.7 Å². The molecule has 0 aromatic carbocycles. The summed E-state index contributed by atoms with van der Waals surface area (Å²) in [5.74, 6) is -5.65.